The molecule has 1 aliphatic rings. The van der Waals surface area contributed by atoms with Crippen molar-refractivity contribution in [2.24, 2.45) is 0 Å². The summed E-state index contributed by atoms with van der Waals surface area (Å²) in [6.45, 7) is 4.86. The number of rotatable bonds is 5. The fraction of sp³-hybridized carbons (Fsp3) is 0.800. The Kier molecular flexibility index (Phi) is 5.10. The predicted molar refractivity (Wildman–Crippen MR) is 57.4 cm³/mol. The second-order valence-corrected chi connectivity index (χ2v) is 3.75. The van der Waals surface area contributed by atoms with Crippen molar-refractivity contribution in [1.82, 2.24) is 15.5 Å². The maximum Gasteiger partial charge on any atom is 0.236 e. The molecule has 0 saturated carbocycles. The highest BCUT2D eigenvalue weighted by atomic mass is 16.2. The van der Waals surface area contributed by atoms with Crippen LogP contribution >= 0.6 is 0 Å². The monoisotopic (exact) mass is 213 g/mol. The van der Waals surface area contributed by atoms with Gasteiger partial charge in [-0.25, -0.2) is 0 Å². The van der Waals surface area contributed by atoms with Crippen molar-refractivity contribution in [3.63, 3.8) is 0 Å². The highest BCUT2D eigenvalue weighted by Crippen LogP contribution is 2.06. The van der Waals surface area contributed by atoms with E-state index < -0.39 is 0 Å². The van der Waals surface area contributed by atoms with Crippen LogP contribution in [0.15, 0.2) is 0 Å². The standard InChI is InChI=1S/C10H19N3O2/c1-9(14)12-5-4-11-8-10(15)13-6-2-3-7-13/h11H,2-8H2,1H3,(H,12,14). The third-order valence-corrected chi connectivity index (χ3v) is 2.41. The van der Waals surface area contributed by atoms with Crippen LogP contribution in [0.3, 0.4) is 0 Å². The van der Waals surface area contributed by atoms with Crippen molar-refractivity contribution >= 4 is 11.8 Å². The van der Waals surface area contributed by atoms with E-state index in [0.717, 1.165) is 25.9 Å². The normalized spacial score (nSPS) is 15.4. The Bertz CT molecular complexity index is 225. The van der Waals surface area contributed by atoms with Gasteiger partial charge in [-0.2, -0.15) is 0 Å². The summed E-state index contributed by atoms with van der Waals surface area (Å²) in [5, 5.41) is 5.67. The Balaban J connectivity index is 1.99. The Hall–Kier alpha value is -1.10. The zero-order valence-corrected chi connectivity index (χ0v) is 9.21. The van der Waals surface area contributed by atoms with Crippen molar-refractivity contribution in [1.29, 1.82) is 0 Å². The maximum absolute atomic E-state index is 11.5. The van der Waals surface area contributed by atoms with Crippen LogP contribution in [0.4, 0.5) is 0 Å². The minimum absolute atomic E-state index is 0.0392. The molecule has 0 aromatic carbocycles. The summed E-state index contributed by atoms with van der Waals surface area (Å²) >= 11 is 0. The Morgan fingerprint density at radius 3 is 2.47 bits per heavy atom. The van der Waals surface area contributed by atoms with Gasteiger partial charge in [-0.3, -0.25) is 9.59 Å². The number of carbonyl (C=O) groups is 2. The third kappa shape index (κ3) is 4.78. The van der Waals surface area contributed by atoms with Crippen LogP contribution in [0.2, 0.25) is 0 Å². The topological polar surface area (TPSA) is 61.4 Å². The molecular formula is C10H19N3O2. The highest BCUT2D eigenvalue weighted by molar-refractivity contribution is 5.78. The average Bonchev–Trinajstić information content (AvgIpc) is 2.69. The molecule has 0 aliphatic carbocycles. The van der Waals surface area contributed by atoms with E-state index in [4.69, 9.17) is 0 Å². The first-order valence-corrected chi connectivity index (χ1v) is 5.43. The van der Waals surface area contributed by atoms with Gasteiger partial charge in [-0.1, -0.05) is 0 Å². The van der Waals surface area contributed by atoms with Crippen LogP contribution < -0.4 is 10.6 Å². The fourth-order valence-electron chi connectivity index (χ4n) is 1.60. The van der Waals surface area contributed by atoms with E-state index in [0.29, 0.717) is 19.6 Å². The predicted octanol–water partition coefficient (Wildman–Crippen LogP) is -0.665. The molecule has 1 rings (SSSR count). The molecule has 0 atom stereocenters. The zero-order chi connectivity index (χ0) is 11.1. The molecule has 0 aromatic heterocycles. The van der Waals surface area contributed by atoms with Crippen LogP contribution in [-0.2, 0) is 9.59 Å². The molecule has 0 radical (unpaired) electrons. The lowest BCUT2D eigenvalue weighted by Crippen LogP contribution is -2.39. The minimum atomic E-state index is -0.0392. The van der Waals surface area contributed by atoms with E-state index in [1.165, 1.54) is 6.92 Å². The molecule has 1 saturated heterocycles. The summed E-state index contributed by atoms with van der Waals surface area (Å²) in [6, 6.07) is 0. The van der Waals surface area contributed by atoms with Crippen molar-refractivity contribution in [2.75, 3.05) is 32.7 Å². The number of carbonyl (C=O) groups excluding carboxylic acids is 2. The van der Waals surface area contributed by atoms with Gasteiger partial charge in [0, 0.05) is 33.1 Å². The van der Waals surface area contributed by atoms with E-state index in [1.807, 2.05) is 4.90 Å². The number of nitrogens with zero attached hydrogens (tertiary/aromatic N) is 1. The average molecular weight is 213 g/mol. The van der Waals surface area contributed by atoms with Gasteiger partial charge in [0.1, 0.15) is 0 Å². The summed E-state index contributed by atoms with van der Waals surface area (Å²) in [7, 11) is 0. The Morgan fingerprint density at radius 2 is 1.87 bits per heavy atom. The SMILES string of the molecule is CC(=O)NCCNCC(=O)N1CCCC1. The van der Waals surface area contributed by atoms with Crippen molar-refractivity contribution < 1.29 is 9.59 Å². The molecule has 2 N–H and O–H groups in total. The second-order valence-electron chi connectivity index (χ2n) is 3.75. The number of hydrogen-bond acceptors (Lipinski definition) is 3. The van der Waals surface area contributed by atoms with E-state index in [2.05, 4.69) is 10.6 Å². The van der Waals surface area contributed by atoms with E-state index in [9.17, 15) is 9.59 Å². The molecule has 5 nitrogen and oxygen atoms in total. The molecule has 0 bridgehead atoms. The quantitative estimate of drug-likeness (QED) is 0.596. The molecule has 0 unspecified atom stereocenters. The first-order valence-electron chi connectivity index (χ1n) is 5.43. The van der Waals surface area contributed by atoms with Crippen molar-refractivity contribution in [3.05, 3.63) is 0 Å². The van der Waals surface area contributed by atoms with Gasteiger partial charge < -0.3 is 15.5 Å². The molecule has 15 heavy (non-hydrogen) atoms. The molecule has 5 heteroatoms. The second kappa shape index (κ2) is 6.40. The number of amides is 2. The first kappa shape index (κ1) is 12.0. The molecule has 0 spiro atoms. The van der Waals surface area contributed by atoms with Gasteiger partial charge in [0.2, 0.25) is 11.8 Å². The van der Waals surface area contributed by atoms with Gasteiger partial charge in [0.25, 0.3) is 0 Å². The summed E-state index contributed by atoms with van der Waals surface area (Å²) < 4.78 is 0. The molecule has 86 valence electrons. The van der Waals surface area contributed by atoms with E-state index in [-0.39, 0.29) is 11.8 Å². The van der Waals surface area contributed by atoms with Gasteiger partial charge in [0.15, 0.2) is 0 Å². The van der Waals surface area contributed by atoms with Crippen molar-refractivity contribution in [3.8, 4) is 0 Å². The van der Waals surface area contributed by atoms with Gasteiger partial charge in [-0.05, 0) is 12.8 Å². The number of nitrogens with one attached hydrogen (secondary N) is 2. The van der Waals surface area contributed by atoms with Gasteiger partial charge >= 0.3 is 0 Å². The van der Waals surface area contributed by atoms with E-state index in [1.54, 1.807) is 0 Å². The van der Waals surface area contributed by atoms with Crippen LogP contribution in [0.25, 0.3) is 0 Å². The maximum atomic E-state index is 11.5. The van der Waals surface area contributed by atoms with Crippen LogP contribution in [0.1, 0.15) is 19.8 Å². The third-order valence-electron chi connectivity index (χ3n) is 2.41. The highest BCUT2D eigenvalue weighted by Gasteiger charge is 2.16. The van der Waals surface area contributed by atoms with Crippen molar-refractivity contribution in [2.45, 2.75) is 19.8 Å². The van der Waals surface area contributed by atoms with Crippen LogP contribution in [0, 0.1) is 0 Å². The van der Waals surface area contributed by atoms with Gasteiger partial charge in [0.05, 0.1) is 6.54 Å². The lowest BCUT2D eigenvalue weighted by Gasteiger charge is -2.15. The minimum Gasteiger partial charge on any atom is -0.355 e. The fourth-order valence-corrected chi connectivity index (χ4v) is 1.60. The summed E-state index contributed by atoms with van der Waals surface area (Å²) in [5.41, 5.74) is 0. The largest absolute Gasteiger partial charge is 0.355 e. The molecule has 1 heterocycles. The molecular weight excluding hydrogens is 194 g/mol. The lowest BCUT2D eigenvalue weighted by atomic mass is 10.4. The lowest BCUT2D eigenvalue weighted by molar-refractivity contribution is -0.129. The molecule has 0 aromatic rings. The first-order chi connectivity index (χ1) is 7.20. The number of likely N-dealkylation sites (tertiary alicyclic amines) is 1. The summed E-state index contributed by atoms with van der Waals surface area (Å²) in [6.07, 6.45) is 2.25. The van der Waals surface area contributed by atoms with Crippen LogP contribution in [-0.4, -0.2) is 49.4 Å². The van der Waals surface area contributed by atoms with Crippen LogP contribution in [0.5, 0.6) is 0 Å². The molecule has 1 fully saturated rings. The summed E-state index contributed by atoms with van der Waals surface area (Å²) in [4.78, 5) is 23.9. The summed E-state index contributed by atoms with van der Waals surface area (Å²) in [5.74, 6) is 0.123. The Labute approximate surface area is 90.2 Å². The van der Waals surface area contributed by atoms with Gasteiger partial charge in [-0.15, -0.1) is 0 Å². The molecule has 1 aliphatic heterocycles. The smallest absolute Gasteiger partial charge is 0.236 e. The van der Waals surface area contributed by atoms with E-state index >= 15 is 0 Å². The zero-order valence-electron chi connectivity index (χ0n) is 9.21. The molecule has 2 amide bonds. The number of hydrogen-bond donors (Lipinski definition) is 2. The Morgan fingerprint density at radius 1 is 1.20 bits per heavy atom.